The van der Waals surface area contributed by atoms with Gasteiger partial charge in [0.05, 0.1) is 24.0 Å². The quantitative estimate of drug-likeness (QED) is 0.438. The molecule has 0 atom stereocenters. The zero-order valence-electron chi connectivity index (χ0n) is 15.7. The molecule has 0 unspecified atom stereocenters. The first-order valence-corrected chi connectivity index (χ1v) is 9.30. The fourth-order valence-corrected chi connectivity index (χ4v) is 2.81. The highest BCUT2D eigenvalue weighted by Crippen LogP contribution is 2.28. The summed E-state index contributed by atoms with van der Waals surface area (Å²) >= 11 is 11.1. The number of methoxy groups -OCH3 is 1. The van der Waals surface area contributed by atoms with E-state index in [2.05, 4.69) is 20.6 Å². The number of hydrogen-bond acceptors (Lipinski definition) is 6. The number of rotatable bonds is 7. The number of benzene rings is 2. The second kappa shape index (κ2) is 9.35. The number of nitrogens with zero attached hydrogens (tertiary/aromatic N) is 3. The lowest BCUT2D eigenvalue weighted by molar-refractivity contribution is -0.118. The summed E-state index contributed by atoms with van der Waals surface area (Å²) in [5.41, 5.74) is 1.28. The Bertz CT molecular complexity index is 1110. The molecule has 1 heterocycles. The van der Waals surface area contributed by atoms with Crippen LogP contribution in [0.3, 0.4) is 0 Å². The molecule has 8 nitrogen and oxygen atoms in total. The number of amides is 1. The molecule has 0 bridgehead atoms. The van der Waals surface area contributed by atoms with E-state index in [1.807, 2.05) is 0 Å². The number of H-pyrrole nitrogens is 1. The van der Waals surface area contributed by atoms with Crippen LogP contribution in [-0.2, 0) is 4.79 Å². The number of hydrogen-bond donors (Lipinski definition) is 2. The average molecular weight is 432 g/mol. The number of carbonyl (C=O) groups excluding carboxylic acids is 1. The van der Waals surface area contributed by atoms with Crippen LogP contribution in [0.1, 0.15) is 11.4 Å². The van der Waals surface area contributed by atoms with Crippen LogP contribution in [0.4, 0.5) is 5.69 Å². The van der Waals surface area contributed by atoms with Crippen molar-refractivity contribution >= 4 is 41.6 Å². The molecule has 0 saturated heterocycles. The maximum Gasteiger partial charge on any atom is 0.262 e. The second-order valence-corrected chi connectivity index (χ2v) is 6.65. The van der Waals surface area contributed by atoms with Crippen molar-refractivity contribution in [2.45, 2.75) is 6.92 Å². The maximum atomic E-state index is 12.1. The van der Waals surface area contributed by atoms with E-state index in [0.717, 1.165) is 5.56 Å². The summed E-state index contributed by atoms with van der Waals surface area (Å²) in [4.78, 5) is 12.1. The minimum atomic E-state index is -0.337. The first-order chi connectivity index (χ1) is 14.0. The molecule has 150 valence electrons. The largest absolute Gasteiger partial charge is 0.493 e. The Morgan fingerprint density at radius 3 is 2.83 bits per heavy atom. The van der Waals surface area contributed by atoms with Gasteiger partial charge in [-0.25, -0.2) is 0 Å². The van der Waals surface area contributed by atoms with Gasteiger partial charge in [-0.3, -0.25) is 9.89 Å². The molecule has 29 heavy (non-hydrogen) atoms. The third-order valence-electron chi connectivity index (χ3n) is 3.83. The van der Waals surface area contributed by atoms with Crippen molar-refractivity contribution in [1.82, 2.24) is 14.9 Å². The van der Waals surface area contributed by atoms with Crippen LogP contribution in [-0.4, -0.2) is 40.7 Å². The number of aromatic amines is 1. The highest BCUT2D eigenvalue weighted by molar-refractivity contribution is 7.71. The SMILES string of the molecule is COc1cc(/C=N/n2c(C)n[nH]c2=S)ccc1OCC(=O)Nc1ccccc1Cl. The smallest absolute Gasteiger partial charge is 0.262 e. The number of nitrogens with one attached hydrogen (secondary N) is 2. The van der Waals surface area contributed by atoms with Crippen molar-refractivity contribution in [3.63, 3.8) is 0 Å². The lowest BCUT2D eigenvalue weighted by Gasteiger charge is -2.12. The van der Waals surface area contributed by atoms with E-state index in [4.69, 9.17) is 33.3 Å². The van der Waals surface area contributed by atoms with Crippen LogP contribution in [0.25, 0.3) is 0 Å². The highest BCUT2D eigenvalue weighted by atomic mass is 35.5. The number of para-hydroxylation sites is 1. The van der Waals surface area contributed by atoms with Crippen molar-refractivity contribution in [3.8, 4) is 11.5 Å². The van der Waals surface area contributed by atoms with E-state index in [9.17, 15) is 4.79 Å². The van der Waals surface area contributed by atoms with E-state index < -0.39 is 0 Å². The predicted molar refractivity (Wildman–Crippen MR) is 114 cm³/mol. The molecular formula is C19H18ClN5O3S. The minimum absolute atomic E-state index is 0.196. The maximum absolute atomic E-state index is 12.1. The van der Waals surface area contributed by atoms with Crippen molar-refractivity contribution in [3.05, 3.63) is 63.6 Å². The minimum Gasteiger partial charge on any atom is -0.493 e. The average Bonchev–Trinajstić information content (AvgIpc) is 3.04. The van der Waals surface area contributed by atoms with Gasteiger partial charge in [0.2, 0.25) is 4.77 Å². The summed E-state index contributed by atoms with van der Waals surface area (Å²) in [6, 6.07) is 12.2. The molecule has 0 aliphatic rings. The number of aryl methyl sites for hydroxylation is 1. The van der Waals surface area contributed by atoms with Crippen LogP contribution < -0.4 is 14.8 Å². The van der Waals surface area contributed by atoms with Crippen LogP contribution in [0, 0.1) is 11.7 Å². The number of ether oxygens (including phenoxy) is 2. The lowest BCUT2D eigenvalue weighted by atomic mass is 10.2. The van der Waals surface area contributed by atoms with Crippen molar-refractivity contribution in [2.75, 3.05) is 19.0 Å². The lowest BCUT2D eigenvalue weighted by Crippen LogP contribution is -2.20. The van der Waals surface area contributed by atoms with Crippen LogP contribution in [0.2, 0.25) is 5.02 Å². The van der Waals surface area contributed by atoms with Crippen LogP contribution >= 0.6 is 23.8 Å². The van der Waals surface area contributed by atoms with E-state index in [-0.39, 0.29) is 12.5 Å². The van der Waals surface area contributed by atoms with E-state index >= 15 is 0 Å². The van der Waals surface area contributed by atoms with E-state index in [0.29, 0.717) is 32.8 Å². The molecule has 0 saturated carbocycles. The molecule has 0 aliphatic carbocycles. The zero-order valence-corrected chi connectivity index (χ0v) is 17.3. The second-order valence-electron chi connectivity index (χ2n) is 5.86. The summed E-state index contributed by atoms with van der Waals surface area (Å²) in [6.07, 6.45) is 1.62. The standard InChI is InChI=1S/C19H18ClN5O3S/c1-12-23-24-19(29)25(12)21-10-13-7-8-16(17(9-13)27-2)28-11-18(26)22-15-6-4-3-5-14(15)20/h3-10H,11H2,1-2H3,(H,22,26)(H,24,29)/b21-10+. The topological polar surface area (TPSA) is 93.5 Å². The number of aromatic nitrogens is 3. The van der Waals surface area contributed by atoms with Gasteiger partial charge in [0, 0.05) is 0 Å². The Morgan fingerprint density at radius 1 is 1.34 bits per heavy atom. The molecule has 0 radical (unpaired) electrons. The third-order valence-corrected chi connectivity index (χ3v) is 4.42. The van der Waals surface area contributed by atoms with Crippen molar-refractivity contribution < 1.29 is 14.3 Å². The Hall–Kier alpha value is -3.17. The van der Waals surface area contributed by atoms with Gasteiger partial charge in [0.25, 0.3) is 5.91 Å². The molecule has 3 rings (SSSR count). The Kier molecular flexibility index (Phi) is 6.63. The van der Waals surface area contributed by atoms with Gasteiger partial charge < -0.3 is 14.8 Å². The summed E-state index contributed by atoms with van der Waals surface area (Å²) in [6.45, 7) is 1.59. The normalized spacial score (nSPS) is 10.9. The van der Waals surface area contributed by atoms with E-state index in [1.165, 1.54) is 11.8 Å². The molecule has 1 aromatic heterocycles. The summed E-state index contributed by atoms with van der Waals surface area (Å²) in [7, 11) is 1.52. The molecule has 3 aromatic rings. The first-order valence-electron chi connectivity index (χ1n) is 8.51. The fraction of sp³-hybridized carbons (Fsp3) is 0.158. The molecular weight excluding hydrogens is 414 g/mol. The Balaban J connectivity index is 1.67. The molecule has 0 spiro atoms. The molecule has 2 N–H and O–H groups in total. The third kappa shape index (κ3) is 5.21. The van der Waals surface area contributed by atoms with Gasteiger partial charge in [-0.1, -0.05) is 23.7 Å². The molecule has 10 heteroatoms. The van der Waals surface area contributed by atoms with Crippen LogP contribution in [0.15, 0.2) is 47.6 Å². The fourth-order valence-electron chi connectivity index (χ4n) is 2.41. The van der Waals surface area contributed by atoms with E-state index in [1.54, 1.807) is 55.6 Å². The van der Waals surface area contributed by atoms with Gasteiger partial charge in [-0.15, -0.1) is 0 Å². The van der Waals surface area contributed by atoms with Crippen molar-refractivity contribution in [2.24, 2.45) is 5.10 Å². The van der Waals surface area contributed by atoms with Crippen LogP contribution in [0.5, 0.6) is 11.5 Å². The predicted octanol–water partition coefficient (Wildman–Crippen LogP) is 3.81. The first kappa shape index (κ1) is 20.6. The highest BCUT2D eigenvalue weighted by Gasteiger charge is 2.10. The molecule has 0 fully saturated rings. The summed E-state index contributed by atoms with van der Waals surface area (Å²) in [5.74, 6) is 1.19. The summed E-state index contributed by atoms with van der Waals surface area (Å²) < 4.78 is 12.8. The van der Waals surface area contributed by atoms with Gasteiger partial charge in [-0.05, 0) is 55.0 Å². The van der Waals surface area contributed by atoms with Crippen molar-refractivity contribution in [1.29, 1.82) is 0 Å². The van der Waals surface area contributed by atoms with Gasteiger partial charge in [0.1, 0.15) is 5.82 Å². The Labute approximate surface area is 177 Å². The van der Waals surface area contributed by atoms with Gasteiger partial charge in [0.15, 0.2) is 18.1 Å². The molecule has 1 amide bonds. The molecule has 0 aliphatic heterocycles. The number of carbonyl (C=O) groups is 1. The molecule has 2 aromatic carbocycles. The monoisotopic (exact) mass is 431 g/mol. The number of anilines is 1. The zero-order chi connectivity index (χ0) is 20.8. The number of halogens is 1. The summed E-state index contributed by atoms with van der Waals surface area (Å²) in [5, 5.41) is 14.1. The Morgan fingerprint density at radius 2 is 2.14 bits per heavy atom. The van der Waals surface area contributed by atoms with Gasteiger partial charge in [-0.2, -0.15) is 14.9 Å². The van der Waals surface area contributed by atoms with Gasteiger partial charge >= 0.3 is 0 Å².